The number of ether oxygens (including phenoxy) is 2. The zero-order valence-corrected chi connectivity index (χ0v) is 9.40. The molecule has 84 valence electrons. The van der Waals surface area contributed by atoms with Crippen LogP contribution >= 0.6 is 0 Å². The number of benzene rings is 1. The molecule has 1 rings (SSSR count). The van der Waals surface area contributed by atoms with Gasteiger partial charge in [0.1, 0.15) is 5.75 Å². The van der Waals surface area contributed by atoms with Gasteiger partial charge in [0.05, 0.1) is 13.2 Å². The van der Waals surface area contributed by atoms with Gasteiger partial charge < -0.3 is 15.2 Å². The van der Waals surface area contributed by atoms with Gasteiger partial charge in [-0.25, -0.2) is 0 Å². The van der Waals surface area contributed by atoms with Gasteiger partial charge >= 0.3 is 0 Å². The first-order valence-corrected chi connectivity index (χ1v) is 5.18. The van der Waals surface area contributed by atoms with E-state index in [0.29, 0.717) is 6.54 Å². The summed E-state index contributed by atoms with van der Waals surface area (Å²) < 4.78 is 10.6. The third-order valence-electron chi connectivity index (χ3n) is 2.42. The Bertz CT molecular complexity index is 289. The Kier molecular flexibility index (Phi) is 5.15. The van der Waals surface area contributed by atoms with E-state index < -0.39 is 0 Å². The molecule has 3 nitrogen and oxygen atoms in total. The predicted octanol–water partition coefficient (Wildman–Crippen LogP) is 2.12. The fraction of sp³-hybridized carbons (Fsp3) is 0.500. The lowest BCUT2D eigenvalue weighted by Gasteiger charge is -2.15. The van der Waals surface area contributed by atoms with Gasteiger partial charge in [-0.3, -0.25) is 0 Å². The molecule has 0 aromatic heterocycles. The summed E-state index contributed by atoms with van der Waals surface area (Å²) in [4.78, 5) is 0. The first-order valence-electron chi connectivity index (χ1n) is 5.18. The second kappa shape index (κ2) is 6.43. The van der Waals surface area contributed by atoms with Gasteiger partial charge in [-0.15, -0.1) is 0 Å². The highest BCUT2D eigenvalue weighted by atomic mass is 16.5. The summed E-state index contributed by atoms with van der Waals surface area (Å²) in [6, 6.07) is 7.96. The topological polar surface area (TPSA) is 44.5 Å². The van der Waals surface area contributed by atoms with E-state index in [2.05, 4.69) is 0 Å². The quantitative estimate of drug-likeness (QED) is 0.780. The molecule has 1 aromatic carbocycles. The standard InChI is InChI=1S/C12H19NO2/c1-14-11-6-3-5-10(9-11)12(15-2)7-4-8-13/h3,5-6,9,12H,4,7-8,13H2,1-2H3. The van der Waals surface area contributed by atoms with E-state index in [1.54, 1.807) is 14.2 Å². The summed E-state index contributed by atoms with van der Waals surface area (Å²) in [5.74, 6) is 0.863. The van der Waals surface area contributed by atoms with Crippen molar-refractivity contribution in [3.63, 3.8) is 0 Å². The van der Waals surface area contributed by atoms with Crippen LogP contribution in [0, 0.1) is 0 Å². The highest BCUT2D eigenvalue weighted by molar-refractivity contribution is 5.29. The first kappa shape index (κ1) is 12.0. The normalized spacial score (nSPS) is 12.5. The van der Waals surface area contributed by atoms with Crippen LogP contribution in [-0.4, -0.2) is 20.8 Å². The van der Waals surface area contributed by atoms with Gasteiger partial charge in [0.15, 0.2) is 0 Å². The molecule has 1 atom stereocenters. The average molecular weight is 209 g/mol. The van der Waals surface area contributed by atoms with Crippen molar-refractivity contribution in [1.29, 1.82) is 0 Å². The SMILES string of the molecule is COc1cccc(C(CCCN)OC)c1. The second-order valence-corrected chi connectivity index (χ2v) is 3.43. The van der Waals surface area contributed by atoms with Crippen LogP contribution in [-0.2, 0) is 4.74 Å². The van der Waals surface area contributed by atoms with E-state index in [-0.39, 0.29) is 6.10 Å². The molecule has 2 N–H and O–H groups in total. The maximum atomic E-state index is 5.49. The van der Waals surface area contributed by atoms with Crippen LogP contribution in [0.2, 0.25) is 0 Å². The van der Waals surface area contributed by atoms with Crippen LogP contribution in [0.15, 0.2) is 24.3 Å². The molecule has 0 bridgehead atoms. The number of rotatable bonds is 6. The second-order valence-electron chi connectivity index (χ2n) is 3.43. The number of nitrogens with two attached hydrogens (primary N) is 1. The smallest absolute Gasteiger partial charge is 0.119 e. The average Bonchev–Trinajstić information content (AvgIpc) is 2.30. The first-order chi connectivity index (χ1) is 7.31. The monoisotopic (exact) mass is 209 g/mol. The molecule has 15 heavy (non-hydrogen) atoms. The molecule has 0 aliphatic rings. The van der Waals surface area contributed by atoms with Crippen LogP contribution in [0.1, 0.15) is 24.5 Å². The predicted molar refractivity (Wildman–Crippen MR) is 61.0 cm³/mol. The summed E-state index contributed by atoms with van der Waals surface area (Å²) in [7, 11) is 3.39. The van der Waals surface area contributed by atoms with Crippen molar-refractivity contribution >= 4 is 0 Å². The molecular formula is C12H19NO2. The fourth-order valence-electron chi connectivity index (χ4n) is 1.57. The van der Waals surface area contributed by atoms with Gasteiger partial charge in [-0.05, 0) is 37.1 Å². The maximum absolute atomic E-state index is 5.49. The zero-order chi connectivity index (χ0) is 11.1. The molecule has 1 unspecified atom stereocenters. The van der Waals surface area contributed by atoms with Crippen molar-refractivity contribution in [2.24, 2.45) is 5.73 Å². The van der Waals surface area contributed by atoms with Crippen molar-refractivity contribution in [2.75, 3.05) is 20.8 Å². The molecule has 0 amide bonds. The van der Waals surface area contributed by atoms with Crippen LogP contribution in [0.5, 0.6) is 5.75 Å². The molecule has 1 aromatic rings. The molecule has 0 heterocycles. The minimum Gasteiger partial charge on any atom is -0.497 e. The van der Waals surface area contributed by atoms with E-state index in [0.717, 1.165) is 24.2 Å². The minimum atomic E-state index is 0.114. The Morgan fingerprint density at radius 2 is 2.13 bits per heavy atom. The van der Waals surface area contributed by atoms with Crippen molar-refractivity contribution in [1.82, 2.24) is 0 Å². The van der Waals surface area contributed by atoms with Crippen LogP contribution in [0.25, 0.3) is 0 Å². The maximum Gasteiger partial charge on any atom is 0.119 e. The molecule has 0 saturated heterocycles. The summed E-state index contributed by atoms with van der Waals surface area (Å²) in [5.41, 5.74) is 6.63. The van der Waals surface area contributed by atoms with Crippen LogP contribution < -0.4 is 10.5 Å². The largest absolute Gasteiger partial charge is 0.497 e. The van der Waals surface area contributed by atoms with E-state index in [1.165, 1.54) is 0 Å². The molecule has 0 saturated carbocycles. The minimum absolute atomic E-state index is 0.114. The highest BCUT2D eigenvalue weighted by Gasteiger charge is 2.10. The lowest BCUT2D eigenvalue weighted by Crippen LogP contribution is -2.06. The Morgan fingerprint density at radius 1 is 1.33 bits per heavy atom. The Labute approximate surface area is 91.2 Å². The van der Waals surface area contributed by atoms with Crippen molar-refractivity contribution in [2.45, 2.75) is 18.9 Å². The lowest BCUT2D eigenvalue weighted by atomic mass is 10.0. The molecular weight excluding hydrogens is 190 g/mol. The highest BCUT2D eigenvalue weighted by Crippen LogP contribution is 2.24. The molecule has 0 aliphatic heterocycles. The molecule has 3 heteroatoms. The fourth-order valence-corrected chi connectivity index (χ4v) is 1.57. The third kappa shape index (κ3) is 3.53. The zero-order valence-electron chi connectivity index (χ0n) is 9.40. The van der Waals surface area contributed by atoms with E-state index in [4.69, 9.17) is 15.2 Å². The van der Waals surface area contributed by atoms with E-state index in [9.17, 15) is 0 Å². The van der Waals surface area contributed by atoms with Gasteiger partial charge in [0, 0.05) is 7.11 Å². The van der Waals surface area contributed by atoms with E-state index >= 15 is 0 Å². The summed E-state index contributed by atoms with van der Waals surface area (Å²) in [5, 5.41) is 0. The van der Waals surface area contributed by atoms with Crippen molar-refractivity contribution in [3.8, 4) is 5.75 Å². The van der Waals surface area contributed by atoms with Gasteiger partial charge in [-0.1, -0.05) is 12.1 Å². The van der Waals surface area contributed by atoms with Crippen molar-refractivity contribution in [3.05, 3.63) is 29.8 Å². The number of hydrogen-bond acceptors (Lipinski definition) is 3. The molecule has 0 spiro atoms. The Balaban J connectivity index is 2.72. The Hall–Kier alpha value is -1.06. The van der Waals surface area contributed by atoms with Gasteiger partial charge in [-0.2, -0.15) is 0 Å². The van der Waals surface area contributed by atoms with Gasteiger partial charge in [0.2, 0.25) is 0 Å². The summed E-state index contributed by atoms with van der Waals surface area (Å²) >= 11 is 0. The lowest BCUT2D eigenvalue weighted by molar-refractivity contribution is 0.0942. The number of methoxy groups -OCH3 is 2. The summed E-state index contributed by atoms with van der Waals surface area (Å²) in [6.45, 7) is 0.698. The molecule has 0 fully saturated rings. The Morgan fingerprint density at radius 3 is 2.73 bits per heavy atom. The molecule has 0 aliphatic carbocycles. The van der Waals surface area contributed by atoms with Crippen LogP contribution in [0.3, 0.4) is 0 Å². The molecule has 0 radical (unpaired) electrons. The number of hydrogen-bond donors (Lipinski definition) is 1. The third-order valence-corrected chi connectivity index (χ3v) is 2.42. The van der Waals surface area contributed by atoms with Crippen LogP contribution in [0.4, 0.5) is 0 Å². The van der Waals surface area contributed by atoms with E-state index in [1.807, 2.05) is 24.3 Å². The van der Waals surface area contributed by atoms with Crippen molar-refractivity contribution < 1.29 is 9.47 Å². The van der Waals surface area contributed by atoms with Gasteiger partial charge in [0.25, 0.3) is 0 Å². The summed E-state index contributed by atoms with van der Waals surface area (Å²) in [6.07, 6.45) is 2.03.